The van der Waals surface area contributed by atoms with Crippen LogP contribution >= 0.6 is 0 Å². The minimum absolute atomic E-state index is 0.0168. The molecule has 1 aliphatic rings. The molecule has 2 N–H and O–H groups in total. The number of carbonyl (C=O) groups is 2. The number of rotatable bonds is 9. The van der Waals surface area contributed by atoms with Crippen molar-refractivity contribution in [2.24, 2.45) is 11.3 Å². The fourth-order valence-electron chi connectivity index (χ4n) is 6.14. The Morgan fingerprint density at radius 3 is 2.30 bits per heavy atom. The van der Waals surface area contributed by atoms with E-state index in [0.717, 1.165) is 16.8 Å². The van der Waals surface area contributed by atoms with Crippen molar-refractivity contribution in [3.8, 4) is 5.75 Å². The molecule has 5 rings (SSSR count). The van der Waals surface area contributed by atoms with Crippen molar-refractivity contribution in [1.29, 1.82) is 0 Å². The van der Waals surface area contributed by atoms with Gasteiger partial charge < -0.3 is 19.9 Å². The minimum atomic E-state index is -1.09. The van der Waals surface area contributed by atoms with Crippen molar-refractivity contribution in [2.75, 3.05) is 12.4 Å². The molecule has 0 unspecified atom stereocenters. The van der Waals surface area contributed by atoms with Gasteiger partial charge >= 0.3 is 0 Å². The smallest absolute Gasteiger partial charge is 0.249 e. The molecular weight excluding hydrogens is 498 g/mol. The third kappa shape index (κ3) is 5.10. The first-order valence-corrected chi connectivity index (χ1v) is 13.9. The maximum absolute atomic E-state index is 14.2. The zero-order valence-corrected chi connectivity index (χ0v) is 24.2. The molecule has 6 nitrogen and oxygen atoms in total. The largest absolute Gasteiger partial charge is 0.497 e. The number of hydrogen-bond donors (Lipinski definition) is 2. The summed E-state index contributed by atoms with van der Waals surface area (Å²) in [5.74, 6) is 0.905. The number of aromatic amines is 1. The Balaban J connectivity index is 1.40. The Hall–Kier alpha value is -4.06. The number of hydrogen-bond acceptors (Lipinski definition) is 3. The molecule has 3 aromatic carbocycles. The highest BCUT2D eigenvalue weighted by Crippen LogP contribution is 2.67. The minimum Gasteiger partial charge on any atom is -0.497 e. The summed E-state index contributed by atoms with van der Waals surface area (Å²) < 4.78 is 5.24. The topological polar surface area (TPSA) is 74.4 Å². The third-order valence-electron chi connectivity index (χ3n) is 8.76. The molecule has 6 heteroatoms. The van der Waals surface area contributed by atoms with Gasteiger partial charge in [-0.2, -0.15) is 0 Å². The van der Waals surface area contributed by atoms with Crippen molar-refractivity contribution >= 4 is 28.4 Å². The van der Waals surface area contributed by atoms with Crippen LogP contribution in [0.15, 0.2) is 78.9 Å². The molecule has 208 valence electrons. The zero-order chi connectivity index (χ0) is 28.7. The number of H-pyrrole nitrogens is 1. The number of ether oxygens (including phenoxy) is 1. The van der Waals surface area contributed by atoms with E-state index < -0.39 is 5.54 Å². The maximum atomic E-state index is 14.2. The Morgan fingerprint density at radius 1 is 0.975 bits per heavy atom. The molecule has 40 heavy (non-hydrogen) atoms. The molecule has 1 fully saturated rings. The van der Waals surface area contributed by atoms with Crippen LogP contribution in [0.5, 0.6) is 5.75 Å². The number of methoxy groups -OCH3 is 1. The zero-order valence-electron chi connectivity index (χ0n) is 24.2. The average Bonchev–Trinajstić information content (AvgIpc) is 3.29. The van der Waals surface area contributed by atoms with Crippen LogP contribution in [0, 0.1) is 18.3 Å². The van der Waals surface area contributed by atoms with Crippen molar-refractivity contribution in [1.82, 2.24) is 9.88 Å². The molecule has 0 radical (unpaired) electrons. The molecule has 1 aliphatic carbocycles. The van der Waals surface area contributed by atoms with Crippen LogP contribution in [0.3, 0.4) is 0 Å². The van der Waals surface area contributed by atoms with E-state index in [4.69, 9.17) is 4.74 Å². The molecule has 0 saturated heterocycles. The second-order valence-corrected chi connectivity index (χ2v) is 12.0. The predicted octanol–water partition coefficient (Wildman–Crippen LogP) is 7.06. The highest BCUT2D eigenvalue weighted by Gasteiger charge is 2.60. The summed E-state index contributed by atoms with van der Waals surface area (Å²) in [4.78, 5) is 33.1. The van der Waals surface area contributed by atoms with Gasteiger partial charge in [0.15, 0.2) is 0 Å². The molecule has 2 atom stereocenters. The van der Waals surface area contributed by atoms with E-state index in [1.807, 2.05) is 50.2 Å². The summed E-state index contributed by atoms with van der Waals surface area (Å²) in [5.41, 5.74) is 4.13. The Morgan fingerprint density at radius 2 is 1.62 bits per heavy atom. The summed E-state index contributed by atoms with van der Waals surface area (Å²) in [6.07, 6.45) is 0.378. The number of para-hydroxylation sites is 1. The SMILES string of the molecule is COc1ccc(NC(=O)C(C)(C)N(Cc2ccccc2)C(=O)C[C@H]2[C@@H](c3c(C)[nH]c4ccccc34)C2(C)C)cc1. The van der Waals surface area contributed by atoms with Crippen LogP contribution in [0.25, 0.3) is 10.9 Å². The van der Waals surface area contributed by atoms with Gasteiger partial charge in [-0.25, -0.2) is 0 Å². The number of aryl methyl sites for hydroxylation is 1. The van der Waals surface area contributed by atoms with E-state index in [9.17, 15) is 9.59 Å². The van der Waals surface area contributed by atoms with Crippen molar-refractivity contribution in [3.05, 3.63) is 95.7 Å². The summed E-state index contributed by atoms with van der Waals surface area (Å²) in [6.45, 7) is 10.6. The van der Waals surface area contributed by atoms with Crippen LogP contribution in [0.4, 0.5) is 5.69 Å². The van der Waals surface area contributed by atoms with E-state index in [1.54, 1.807) is 36.3 Å². The Labute approximate surface area is 236 Å². The molecule has 1 aromatic heterocycles. The van der Waals surface area contributed by atoms with Gasteiger partial charge in [0.1, 0.15) is 11.3 Å². The second-order valence-electron chi connectivity index (χ2n) is 12.0. The van der Waals surface area contributed by atoms with Gasteiger partial charge in [0.05, 0.1) is 7.11 Å². The molecule has 0 spiro atoms. The third-order valence-corrected chi connectivity index (χ3v) is 8.76. The summed E-state index contributed by atoms with van der Waals surface area (Å²) >= 11 is 0. The fraction of sp³-hybridized carbons (Fsp3) is 0.353. The van der Waals surface area contributed by atoms with Gasteiger partial charge in [-0.3, -0.25) is 9.59 Å². The molecular formula is C34H39N3O3. The lowest BCUT2D eigenvalue weighted by Gasteiger charge is -2.38. The van der Waals surface area contributed by atoms with Gasteiger partial charge in [0.2, 0.25) is 11.8 Å². The predicted molar refractivity (Wildman–Crippen MR) is 160 cm³/mol. The average molecular weight is 538 g/mol. The molecule has 4 aromatic rings. The van der Waals surface area contributed by atoms with E-state index in [-0.39, 0.29) is 29.1 Å². The lowest BCUT2D eigenvalue weighted by atomic mass is 9.97. The number of benzene rings is 3. The van der Waals surface area contributed by atoms with E-state index >= 15 is 0 Å². The second kappa shape index (κ2) is 10.5. The van der Waals surface area contributed by atoms with Crippen LogP contribution in [-0.4, -0.2) is 34.3 Å². The van der Waals surface area contributed by atoms with E-state index in [2.05, 4.69) is 49.3 Å². The van der Waals surface area contributed by atoms with Crippen LogP contribution in [0.1, 0.15) is 56.9 Å². The summed E-state index contributed by atoms with van der Waals surface area (Å²) in [6, 6.07) is 25.5. The van der Waals surface area contributed by atoms with Gasteiger partial charge in [-0.15, -0.1) is 0 Å². The first-order valence-electron chi connectivity index (χ1n) is 13.9. The highest BCUT2D eigenvalue weighted by molar-refractivity contribution is 6.00. The quantitative estimate of drug-likeness (QED) is 0.240. The number of nitrogens with one attached hydrogen (secondary N) is 2. The summed E-state index contributed by atoms with van der Waals surface area (Å²) in [5, 5.41) is 4.24. The van der Waals surface area contributed by atoms with Gasteiger partial charge in [-0.1, -0.05) is 62.4 Å². The molecule has 1 heterocycles. The van der Waals surface area contributed by atoms with Gasteiger partial charge in [-0.05, 0) is 79.5 Å². The lowest BCUT2D eigenvalue weighted by Crippen LogP contribution is -2.54. The highest BCUT2D eigenvalue weighted by atomic mass is 16.5. The number of anilines is 1. The van der Waals surface area contributed by atoms with Crippen molar-refractivity contribution < 1.29 is 14.3 Å². The summed E-state index contributed by atoms with van der Waals surface area (Å²) in [7, 11) is 1.61. The first-order chi connectivity index (χ1) is 19.0. The number of nitrogens with zero attached hydrogens (tertiary/aromatic N) is 1. The molecule has 0 aliphatic heterocycles. The Kier molecular flexibility index (Phi) is 7.21. The lowest BCUT2D eigenvalue weighted by molar-refractivity contribution is -0.144. The van der Waals surface area contributed by atoms with Gasteiger partial charge in [0.25, 0.3) is 0 Å². The number of aromatic nitrogens is 1. The van der Waals surface area contributed by atoms with E-state index in [1.165, 1.54) is 10.9 Å². The van der Waals surface area contributed by atoms with E-state index in [0.29, 0.717) is 24.4 Å². The van der Waals surface area contributed by atoms with Crippen LogP contribution < -0.4 is 10.1 Å². The van der Waals surface area contributed by atoms with Crippen molar-refractivity contribution in [2.45, 2.75) is 59.0 Å². The Bertz CT molecular complexity index is 1520. The standard InChI is InChI=1S/C34H39N3O3/c1-22-30(26-14-10-11-15-28(26)35-22)31-27(33(31,2)3)20-29(38)37(21-23-12-8-7-9-13-23)34(4,5)32(39)36-24-16-18-25(40-6)19-17-24/h7-19,27,31,35H,20-21H2,1-6H3,(H,36,39)/t27-,31-/m0/s1. The number of carbonyl (C=O) groups excluding carboxylic acids is 2. The first kappa shape index (κ1) is 27.5. The fourth-order valence-corrected chi connectivity index (χ4v) is 6.14. The van der Waals surface area contributed by atoms with Crippen LogP contribution in [0.2, 0.25) is 0 Å². The normalized spacial score (nSPS) is 17.9. The molecule has 2 amide bonds. The molecule has 1 saturated carbocycles. The van der Waals surface area contributed by atoms with Crippen molar-refractivity contribution in [3.63, 3.8) is 0 Å². The monoisotopic (exact) mass is 537 g/mol. The van der Waals surface area contributed by atoms with Crippen LogP contribution in [-0.2, 0) is 16.1 Å². The maximum Gasteiger partial charge on any atom is 0.249 e. The number of fused-ring (bicyclic) bond motifs is 1. The number of amides is 2. The molecule has 0 bridgehead atoms. The van der Waals surface area contributed by atoms with Gasteiger partial charge in [0, 0.05) is 35.2 Å².